The normalized spacial score (nSPS) is 17.1. The molecule has 1 aromatic carbocycles. The Morgan fingerprint density at radius 1 is 0.772 bits per heavy atom. The van der Waals surface area contributed by atoms with E-state index in [9.17, 15) is 29.1 Å². The van der Waals surface area contributed by atoms with Crippen LogP contribution in [0.5, 0.6) is 0 Å². The van der Waals surface area contributed by atoms with E-state index in [1.54, 1.807) is 38.1 Å². The molecular weight excluding hydrogens is 740 g/mol. The fourth-order valence-corrected chi connectivity index (χ4v) is 5.63. The molecule has 6 amide bonds. The lowest BCUT2D eigenvalue weighted by atomic mass is 9.97. The second-order valence-electron chi connectivity index (χ2n) is 14.2. The Balaban J connectivity index is 1.55. The molecule has 0 heterocycles. The molecule has 0 radical (unpaired) electrons. The fourth-order valence-electron chi connectivity index (χ4n) is 5.63. The predicted octanol–water partition coefficient (Wildman–Crippen LogP) is 1.92. The lowest BCUT2D eigenvalue weighted by Crippen LogP contribution is -2.54. The molecule has 0 aromatic heterocycles. The van der Waals surface area contributed by atoms with Crippen molar-refractivity contribution in [2.75, 3.05) is 77.9 Å². The molecule has 57 heavy (non-hydrogen) atoms. The number of carbonyl (C=O) groups is 5. The standard InChI is InChI=1S/C40H66N6O11/c1-29(2)37(39(51)45-34(9-6-17-43-40(41)52)38(50)44-32-13-11-31(27-47)12-14-32)46-35(48)16-19-53-21-23-55-25-26-56-24-22-54-20-18-42-36(49)28-57-33-8-5-4-7-30(3)10-15-33/h10-15,29-30,33-34,37,47H,4-9,16-28H2,1-3H3,(H,42,49)(H,44,50)(H,45,51)(H,46,48)(H3,41,43,52)/b15-10-/t30-,33?,34+,37+/m1/s1. The van der Waals surface area contributed by atoms with E-state index < -0.39 is 29.9 Å². The van der Waals surface area contributed by atoms with Crippen molar-refractivity contribution in [3.63, 3.8) is 0 Å². The number of urea groups is 1. The zero-order valence-electron chi connectivity index (χ0n) is 33.9. The molecule has 322 valence electrons. The van der Waals surface area contributed by atoms with Crippen LogP contribution in [0.15, 0.2) is 36.4 Å². The first-order chi connectivity index (χ1) is 27.5. The molecule has 0 fully saturated rings. The minimum Gasteiger partial charge on any atom is -0.392 e. The van der Waals surface area contributed by atoms with Gasteiger partial charge in [-0.25, -0.2) is 4.79 Å². The third-order valence-corrected chi connectivity index (χ3v) is 8.91. The van der Waals surface area contributed by atoms with Crippen LogP contribution in [-0.4, -0.2) is 126 Å². The van der Waals surface area contributed by atoms with E-state index in [2.05, 4.69) is 45.7 Å². The van der Waals surface area contributed by atoms with Crippen LogP contribution in [0, 0.1) is 11.8 Å². The number of primary amides is 1. The Bertz CT molecular complexity index is 1350. The number of hydrogen-bond acceptors (Lipinski definition) is 11. The van der Waals surface area contributed by atoms with Crippen molar-refractivity contribution >= 4 is 35.3 Å². The number of nitrogens with one attached hydrogen (secondary N) is 5. The van der Waals surface area contributed by atoms with Gasteiger partial charge in [-0.05, 0) is 55.2 Å². The quantitative estimate of drug-likeness (QED) is 0.0456. The number of benzene rings is 1. The van der Waals surface area contributed by atoms with E-state index in [1.165, 1.54) is 12.8 Å². The maximum absolute atomic E-state index is 13.3. The van der Waals surface area contributed by atoms with Crippen LogP contribution in [0.3, 0.4) is 0 Å². The summed E-state index contributed by atoms with van der Waals surface area (Å²) in [6, 6.07) is 4.03. The summed E-state index contributed by atoms with van der Waals surface area (Å²) < 4.78 is 27.7. The van der Waals surface area contributed by atoms with Crippen molar-refractivity contribution in [1.82, 2.24) is 21.3 Å². The molecule has 2 rings (SSSR count). The van der Waals surface area contributed by atoms with E-state index in [0.717, 1.165) is 12.8 Å². The summed E-state index contributed by atoms with van der Waals surface area (Å²) in [5, 5.41) is 22.8. The van der Waals surface area contributed by atoms with Gasteiger partial charge in [0.05, 0.1) is 65.6 Å². The number of nitrogens with two attached hydrogens (primary N) is 1. The van der Waals surface area contributed by atoms with Gasteiger partial charge in [0.25, 0.3) is 0 Å². The summed E-state index contributed by atoms with van der Waals surface area (Å²) in [4.78, 5) is 62.3. The number of rotatable bonds is 29. The van der Waals surface area contributed by atoms with Crippen LogP contribution in [0.4, 0.5) is 10.5 Å². The maximum Gasteiger partial charge on any atom is 0.312 e. The van der Waals surface area contributed by atoms with Crippen molar-refractivity contribution in [1.29, 1.82) is 0 Å². The Morgan fingerprint density at radius 3 is 2.04 bits per heavy atom. The molecule has 0 aliphatic heterocycles. The van der Waals surface area contributed by atoms with Gasteiger partial charge in [-0.3, -0.25) is 19.2 Å². The zero-order valence-corrected chi connectivity index (χ0v) is 33.9. The first-order valence-electron chi connectivity index (χ1n) is 20.0. The summed E-state index contributed by atoms with van der Waals surface area (Å²) in [6.45, 7) is 8.80. The second-order valence-corrected chi connectivity index (χ2v) is 14.2. The fraction of sp³-hybridized carbons (Fsp3) is 0.675. The first-order valence-corrected chi connectivity index (χ1v) is 20.0. The topological polar surface area (TPSA) is 238 Å². The lowest BCUT2D eigenvalue weighted by molar-refractivity contribution is -0.132. The molecule has 17 heteroatoms. The first kappa shape index (κ1) is 49.0. The summed E-state index contributed by atoms with van der Waals surface area (Å²) in [5.41, 5.74) is 6.29. The van der Waals surface area contributed by atoms with Crippen molar-refractivity contribution in [3.05, 3.63) is 42.0 Å². The Kier molecular flexibility index (Phi) is 25.8. The van der Waals surface area contributed by atoms with Crippen LogP contribution in [-0.2, 0) is 49.5 Å². The van der Waals surface area contributed by atoms with Gasteiger partial charge in [0.2, 0.25) is 23.6 Å². The van der Waals surface area contributed by atoms with Gasteiger partial charge in [-0.1, -0.05) is 57.9 Å². The SMILES string of the molecule is CC(C)[C@H](NC(=O)CCOCCOCCOCCOCCNC(=O)COC1/C=C\[C@H](C)CCCC1)C(=O)N[C@@H](CCCNC(N)=O)C(=O)Nc1ccc(CO)cc1. The van der Waals surface area contributed by atoms with E-state index >= 15 is 0 Å². The van der Waals surface area contributed by atoms with Crippen molar-refractivity contribution in [2.45, 2.75) is 90.5 Å². The van der Waals surface area contributed by atoms with Crippen LogP contribution in [0.1, 0.15) is 71.3 Å². The lowest BCUT2D eigenvalue weighted by Gasteiger charge is -2.25. The minimum absolute atomic E-state index is 0.0127. The Hall–Kier alpha value is -4.13. The summed E-state index contributed by atoms with van der Waals surface area (Å²) in [6.07, 6.45) is 9.21. The smallest absolute Gasteiger partial charge is 0.312 e. The average molecular weight is 807 g/mol. The average Bonchev–Trinajstić information content (AvgIpc) is 3.17. The predicted molar refractivity (Wildman–Crippen MR) is 214 cm³/mol. The Morgan fingerprint density at radius 2 is 1.40 bits per heavy atom. The highest BCUT2D eigenvalue weighted by atomic mass is 16.6. The molecule has 17 nitrogen and oxygen atoms in total. The van der Waals surface area contributed by atoms with Gasteiger partial charge >= 0.3 is 6.03 Å². The highest BCUT2D eigenvalue weighted by Gasteiger charge is 2.29. The third-order valence-electron chi connectivity index (χ3n) is 8.91. The second kappa shape index (κ2) is 30.0. The summed E-state index contributed by atoms with van der Waals surface area (Å²) in [5.74, 6) is -1.30. The van der Waals surface area contributed by atoms with E-state index in [1.807, 2.05) is 0 Å². The Labute approximate surface area is 336 Å². The van der Waals surface area contributed by atoms with Crippen molar-refractivity contribution < 1.29 is 52.8 Å². The summed E-state index contributed by atoms with van der Waals surface area (Å²) in [7, 11) is 0. The molecule has 8 N–H and O–H groups in total. The van der Waals surface area contributed by atoms with Gasteiger partial charge in [-0.2, -0.15) is 0 Å². The zero-order chi connectivity index (χ0) is 41.7. The highest BCUT2D eigenvalue weighted by molar-refractivity contribution is 5.98. The largest absolute Gasteiger partial charge is 0.392 e. The molecule has 4 atom stereocenters. The molecule has 0 saturated carbocycles. The molecule has 1 aromatic rings. The van der Waals surface area contributed by atoms with Crippen molar-refractivity contribution in [3.8, 4) is 0 Å². The molecule has 1 aliphatic carbocycles. The number of allylic oxidation sites excluding steroid dienone is 1. The van der Waals surface area contributed by atoms with E-state index in [-0.39, 0.29) is 69.7 Å². The van der Waals surface area contributed by atoms with Crippen LogP contribution >= 0.6 is 0 Å². The molecule has 1 unspecified atom stereocenters. The molecular formula is C40H66N6O11. The number of anilines is 1. The molecule has 1 aliphatic rings. The van der Waals surface area contributed by atoms with Gasteiger partial charge in [-0.15, -0.1) is 0 Å². The summed E-state index contributed by atoms with van der Waals surface area (Å²) >= 11 is 0. The van der Waals surface area contributed by atoms with Crippen LogP contribution in [0.25, 0.3) is 0 Å². The maximum atomic E-state index is 13.3. The van der Waals surface area contributed by atoms with Crippen LogP contribution in [0.2, 0.25) is 0 Å². The van der Waals surface area contributed by atoms with E-state index in [0.29, 0.717) is 69.8 Å². The number of ether oxygens (including phenoxy) is 5. The number of aliphatic hydroxyl groups is 1. The molecule has 0 saturated heterocycles. The third kappa shape index (κ3) is 23.6. The number of amides is 6. The minimum atomic E-state index is -0.968. The van der Waals surface area contributed by atoms with Gasteiger partial charge in [0.1, 0.15) is 18.7 Å². The number of hydrogen-bond donors (Lipinski definition) is 7. The monoisotopic (exact) mass is 806 g/mol. The highest BCUT2D eigenvalue weighted by Crippen LogP contribution is 2.18. The van der Waals surface area contributed by atoms with Gasteiger partial charge < -0.3 is 61.1 Å². The van der Waals surface area contributed by atoms with Crippen molar-refractivity contribution in [2.24, 2.45) is 17.6 Å². The molecule has 0 bridgehead atoms. The molecule has 0 spiro atoms. The number of aliphatic hydroxyl groups excluding tert-OH is 1. The van der Waals surface area contributed by atoms with E-state index in [4.69, 9.17) is 29.4 Å². The number of carbonyl (C=O) groups excluding carboxylic acids is 5. The van der Waals surface area contributed by atoms with Gasteiger partial charge in [0, 0.05) is 25.2 Å². The van der Waals surface area contributed by atoms with Gasteiger partial charge in [0.15, 0.2) is 0 Å². The van der Waals surface area contributed by atoms with Crippen LogP contribution < -0.4 is 32.3 Å².